The van der Waals surface area contributed by atoms with E-state index >= 15 is 0 Å². The van der Waals surface area contributed by atoms with Crippen molar-refractivity contribution in [2.45, 2.75) is 51.6 Å². The predicted molar refractivity (Wildman–Crippen MR) is 141 cm³/mol. The lowest BCUT2D eigenvalue weighted by Gasteiger charge is -2.31. The lowest BCUT2D eigenvalue weighted by atomic mass is 9.83. The van der Waals surface area contributed by atoms with Crippen molar-refractivity contribution in [3.05, 3.63) is 89.0 Å². The van der Waals surface area contributed by atoms with Gasteiger partial charge in [-0.3, -0.25) is 4.79 Å². The van der Waals surface area contributed by atoms with Crippen LogP contribution in [0.4, 0.5) is 0 Å². The lowest BCUT2D eigenvalue weighted by molar-refractivity contribution is 0.0772. The van der Waals surface area contributed by atoms with E-state index in [4.69, 9.17) is 4.74 Å². The molecule has 1 N–H and O–H groups in total. The average Bonchev–Trinajstić information content (AvgIpc) is 3.24. The Hall–Kier alpha value is -3.37. The van der Waals surface area contributed by atoms with Gasteiger partial charge >= 0.3 is 0 Å². The molecule has 0 radical (unpaired) electrons. The number of benzene rings is 3. The van der Waals surface area contributed by atoms with Crippen LogP contribution in [0.2, 0.25) is 0 Å². The largest absolute Gasteiger partial charge is 0.456 e. The number of carbonyl (C=O) groups excluding carboxylic acids is 1. The van der Waals surface area contributed by atoms with E-state index in [2.05, 4.69) is 59.9 Å². The number of hydrogen-bond donors (Lipinski definition) is 1. The highest BCUT2D eigenvalue weighted by Gasteiger charge is 2.34. The summed E-state index contributed by atoms with van der Waals surface area (Å²) in [4.78, 5) is 14.9. The van der Waals surface area contributed by atoms with Gasteiger partial charge in [0.2, 0.25) is 0 Å². The second-order valence-corrected chi connectivity index (χ2v) is 9.89. The number of nitrogens with zero attached hydrogens (tertiary/aromatic N) is 1. The van der Waals surface area contributed by atoms with Crippen molar-refractivity contribution in [2.75, 3.05) is 13.1 Å². The summed E-state index contributed by atoms with van der Waals surface area (Å²) in [6.07, 6.45) is 4.64. The van der Waals surface area contributed by atoms with Crippen LogP contribution in [0.25, 0.3) is 16.7 Å². The molecule has 2 unspecified atom stereocenters. The zero-order valence-electron chi connectivity index (χ0n) is 20.5. The summed E-state index contributed by atoms with van der Waals surface area (Å²) in [6.45, 7) is 5.43. The Morgan fingerprint density at radius 3 is 2.31 bits per heavy atom. The van der Waals surface area contributed by atoms with E-state index in [-0.39, 0.29) is 5.91 Å². The molecule has 0 spiro atoms. The van der Waals surface area contributed by atoms with Crippen LogP contribution in [-0.4, -0.2) is 36.0 Å². The highest BCUT2D eigenvalue weighted by atomic mass is 16.5. The lowest BCUT2D eigenvalue weighted by Crippen LogP contribution is -2.35. The van der Waals surface area contributed by atoms with E-state index in [1.54, 1.807) is 0 Å². The number of ether oxygens (including phenoxy) is 1. The molecular formula is C31H32N2O2. The Balaban J connectivity index is 1.49. The van der Waals surface area contributed by atoms with E-state index in [9.17, 15) is 4.79 Å². The normalized spacial score (nSPS) is 20.2. The van der Waals surface area contributed by atoms with E-state index < -0.39 is 0 Å². The van der Waals surface area contributed by atoms with Crippen LogP contribution in [0.15, 0.2) is 72.3 Å². The summed E-state index contributed by atoms with van der Waals surface area (Å²) in [7, 11) is 0. The fourth-order valence-electron chi connectivity index (χ4n) is 6.02. The maximum Gasteiger partial charge on any atom is 0.253 e. The molecular weight excluding hydrogens is 432 g/mol. The van der Waals surface area contributed by atoms with E-state index in [0.717, 1.165) is 35.5 Å². The van der Waals surface area contributed by atoms with Gasteiger partial charge in [0.15, 0.2) is 0 Å². The van der Waals surface area contributed by atoms with Crippen LogP contribution in [-0.2, 0) is 0 Å². The Bertz CT molecular complexity index is 1290. The van der Waals surface area contributed by atoms with Gasteiger partial charge in [-0.1, -0.05) is 42.0 Å². The summed E-state index contributed by atoms with van der Waals surface area (Å²) < 4.78 is 6.48. The highest BCUT2D eigenvalue weighted by Crippen LogP contribution is 2.49. The molecule has 6 rings (SSSR count). The minimum Gasteiger partial charge on any atom is -0.456 e. The summed E-state index contributed by atoms with van der Waals surface area (Å²) in [5.41, 5.74) is 8.17. The van der Waals surface area contributed by atoms with E-state index in [0.29, 0.717) is 30.7 Å². The van der Waals surface area contributed by atoms with Gasteiger partial charge in [0.05, 0.1) is 0 Å². The Morgan fingerprint density at radius 1 is 0.857 bits per heavy atom. The van der Waals surface area contributed by atoms with E-state index in [1.165, 1.54) is 35.1 Å². The molecule has 3 aliphatic heterocycles. The number of hydrogen-bond acceptors (Lipinski definition) is 3. The molecule has 2 fully saturated rings. The van der Waals surface area contributed by atoms with Gasteiger partial charge in [0, 0.05) is 41.9 Å². The molecule has 3 aromatic rings. The SMILES string of the molecule is CCN(CC)C(=O)c1ccc2c(c1)Oc1ccc(-c3ccccc3)cc1C2=C1CC2CCC(C1)N2. The standard InChI is InChI=1S/C31H32N2O2/c1-3-33(4-2)31(34)22-10-14-26-29(19-22)35-28-15-11-21(20-8-6-5-7-9-20)18-27(28)30(26)23-16-24-12-13-25(17-23)32-24/h5-11,14-15,18-19,24-25,32H,3-4,12-13,16-17H2,1-2H3. The molecule has 3 heterocycles. The topological polar surface area (TPSA) is 41.6 Å². The number of carbonyl (C=O) groups is 1. The van der Waals surface area contributed by atoms with Gasteiger partial charge in [-0.2, -0.15) is 0 Å². The Labute approximate surface area is 207 Å². The molecule has 0 saturated carbocycles. The van der Waals surface area contributed by atoms with Crippen LogP contribution in [0, 0.1) is 0 Å². The molecule has 3 aromatic carbocycles. The zero-order chi connectivity index (χ0) is 23.9. The van der Waals surface area contributed by atoms with Gasteiger partial charge in [0.1, 0.15) is 11.5 Å². The first-order valence-electron chi connectivity index (χ1n) is 12.9. The molecule has 2 atom stereocenters. The van der Waals surface area contributed by atoms with Crippen molar-refractivity contribution in [3.8, 4) is 22.6 Å². The quantitative estimate of drug-likeness (QED) is 0.367. The van der Waals surface area contributed by atoms with Crippen molar-refractivity contribution in [1.29, 1.82) is 0 Å². The van der Waals surface area contributed by atoms with Gasteiger partial charge in [-0.15, -0.1) is 0 Å². The fraction of sp³-hybridized carbons (Fsp3) is 0.323. The first kappa shape index (κ1) is 22.1. The molecule has 4 heteroatoms. The summed E-state index contributed by atoms with van der Waals surface area (Å²) in [5.74, 6) is 1.72. The number of rotatable bonds is 4. The minimum absolute atomic E-state index is 0.0562. The summed E-state index contributed by atoms with van der Waals surface area (Å²) in [6, 6.07) is 24.2. The summed E-state index contributed by atoms with van der Waals surface area (Å²) in [5, 5.41) is 3.78. The van der Waals surface area contributed by atoms with Crippen LogP contribution in [0.1, 0.15) is 61.0 Å². The third kappa shape index (κ3) is 3.96. The minimum atomic E-state index is 0.0562. The van der Waals surface area contributed by atoms with Crippen molar-refractivity contribution in [2.24, 2.45) is 0 Å². The third-order valence-electron chi connectivity index (χ3n) is 7.80. The zero-order valence-corrected chi connectivity index (χ0v) is 20.5. The maximum absolute atomic E-state index is 13.1. The van der Waals surface area contributed by atoms with Gasteiger partial charge < -0.3 is 15.0 Å². The molecule has 3 aliphatic rings. The van der Waals surface area contributed by atoms with Gasteiger partial charge in [0.25, 0.3) is 5.91 Å². The number of fused-ring (bicyclic) bond motifs is 4. The monoisotopic (exact) mass is 464 g/mol. The number of nitrogens with one attached hydrogen (secondary N) is 1. The smallest absolute Gasteiger partial charge is 0.253 e. The maximum atomic E-state index is 13.1. The van der Waals surface area contributed by atoms with Gasteiger partial charge in [-0.25, -0.2) is 0 Å². The van der Waals surface area contributed by atoms with E-state index in [1.807, 2.05) is 30.9 Å². The average molecular weight is 465 g/mol. The Morgan fingerprint density at radius 2 is 1.60 bits per heavy atom. The van der Waals surface area contributed by atoms with Crippen LogP contribution >= 0.6 is 0 Å². The molecule has 2 saturated heterocycles. The van der Waals surface area contributed by atoms with Crippen LogP contribution in [0.5, 0.6) is 11.5 Å². The van der Waals surface area contributed by atoms with Crippen molar-refractivity contribution >= 4 is 11.5 Å². The van der Waals surface area contributed by atoms with Gasteiger partial charge in [-0.05, 0) is 86.6 Å². The third-order valence-corrected chi connectivity index (χ3v) is 7.80. The number of amides is 1. The predicted octanol–water partition coefficient (Wildman–Crippen LogP) is 6.66. The molecule has 35 heavy (non-hydrogen) atoms. The second-order valence-electron chi connectivity index (χ2n) is 9.89. The highest BCUT2D eigenvalue weighted by molar-refractivity contribution is 5.97. The van der Waals surface area contributed by atoms with Crippen LogP contribution in [0.3, 0.4) is 0 Å². The molecule has 2 bridgehead atoms. The van der Waals surface area contributed by atoms with Crippen molar-refractivity contribution in [3.63, 3.8) is 0 Å². The second kappa shape index (κ2) is 9.01. The fourth-order valence-corrected chi connectivity index (χ4v) is 6.02. The molecule has 1 amide bonds. The first-order chi connectivity index (χ1) is 17.1. The molecule has 0 aromatic heterocycles. The molecule has 4 nitrogen and oxygen atoms in total. The first-order valence-corrected chi connectivity index (χ1v) is 12.9. The summed E-state index contributed by atoms with van der Waals surface area (Å²) >= 11 is 0. The van der Waals surface area contributed by atoms with Crippen molar-refractivity contribution < 1.29 is 9.53 Å². The molecule has 0 aliphatic carbocycles. The Kier molecular flexibility index (Phi) is 5.69. The van der Waals surface area contributed by atoms with Crippen molar-refractivity contribution in [1.82, 2.24) is 10.2 Å². The number of piperidine rings is 1. The molecule has 178 valence electrons. The van der Waals surface area contributed by atoms with Crippen LogP contribution < -0.4 is 10.1 Å².